The maximum Gasteiger partial charge on any atom is 0.265 e. The number of alkyl halides is 3. The van der Waals surface area contributed by atoms with Crippen LogP contribution in [-0.4, -0.2) is 4.98 Å². The van der Waals surface area contributed by atoms with Crippen LogP contribution in [0.2, 0.25) is 0 Å². The van der Waals surface area contributed by atoms with E-state index >= 15 is 0 Å². The van der Waals surface area contributed by atoms with Gasteiger partial charge in [-0.1, -0.05) is 0 Å². The molecular formula is C6H6F3N. The first-order valence-corrected chi connectivity index (χ1v) is 2.75. The van der Waals surface area contributed by atoms with Crippen molar-refractivity contribution < 1.29 is 13.2 Å². The summed E-state index contributed by atoms with van der Waals surface area (Å²) in [4.78, 5) is 2.38. The lowest BCUT2D eigenvalue weighted by atomic mass is 10.3. The van der Waals surface area contributed by atoms with Crippen molar-refractivity contribution in [2.75, 3.05) is 0 Å². The van der Waals surface area contributed by atoms with Crippen molar-refractivity contribution in [1.82, 2.24) is 4.98 Å². The fraction of sp³-hybridized carbons (Fsp3) is 0.333. The first-order valence-electron chi connectivity index (χ1n) is 2.75. The molecule has 1 heterocycles. The van der Waals surface area contributed by atoms with E-state index in [0.29, 0.717) is 0 Å². The van der Waals surface area contributed by atoms with E-state index in [1.54, 1.807) is 0 Å². The van der Waals surface area contributed by atoms with E-state index in [9.17, 15) is 13.2 Å². The van der Waals surface area contributed by atoms with Crippen LogP contribution in [0.25, 0.3) is 0 Å². The molecule has 1 aromatic rings. The molecule has 0 unspecified atom stereocenters. The van der Waals surface area contributed by atoms with E-state index in [4.69, 9.17) is 0 Å². The smallest absolute Gasteiger partial charge is 0.265 e. The standard InChI is InChI=1S/C6H6F3N/c7-2-5-1-4(3-10-5)6(8)9/h1,3,6,10H,2H2. The van der Waals surface area contributed by atoms with E-state index in [1.165, 1.54) is 0 Å². The molecule has 0 aromatic carbocycles. The maximum atomic E-state index is 11.8. The third-order valence-corrected chi connectivity index (χ3v) is 1.16. The number of hydrogen-bond acceptors (Lipinski definition) is 0. The minimum atomic E-state index is -2.52. The lowest BCUT2D eigenvalue weighted by Crippen LogP contribution is -1.76. The van der Waals surface area contributed by atoms with Crippen LogP contribution in [0.3, 0.4) is 0 Å². The van der Waals surface area contributed by atoms with Gasteiger partial charge in [0.1, 0.15) is 6.67 Å². The number of H-pyrrole nitrogens is 1. The van der Waals surface area contributed by atoms with Crippen LogP contribution in [-0.2, 0) is 6.67 Å². The molecule has 1 rings (SSSR count). The molecule has 0 radical (unpaired) electrons. The van der Waals surface area contributed by atoms with E-state index in [-0.39, 0.29) is 11.3 Å². The normalized spacial score (nSPS) is 10.8. The summed E-state index contributed by atoms with van der Waals surface area (Å²) in [5.74, 6) is 0. The summed E-state index contributed by atoms with van der Waals surface area (Å²) in [5, 5.41) is 0. The highest BCUT2D eigenvalue weighted by Gasteiger charge is 2.08. The predicted molar refractivity (Wildman–Crippen MR) is 30.6 cm³/mol. The Hall–Kier alpha value is -0.930. The summed E-state index contributed by atoms with van der Waals surface area (Å²) < 4.78 is 35.3. The Morgan fingerprint density at radius 3 is 2.50 bits per heavy atom. The molecule has 4 heteroatoms. The first-order chi connectivity index (χ1) is 4.74. The van der Waals surface area contributed by atoms with E-state index in [0.717, 1.165) is 12.3 Å². The third kappa shape index (κ3) is 1.32. The van der Waals surface area contributed by atoms with Crippen LogP contribution in [0.15, 0.2) is 12.3 Å². The van der Waals surface area contributed by atoms with Crippen molar-refractivity contribution in [2.24, 2.45) is 0 Å². The lowest BCUT2D eigenvalue weighted by molar-refractivity contribution is 0.151. The van der Waals surface area contributed by atoms with Gasteiger partial charge < -0.3 is 4.98 Å². The van der Waals surface area contributed by atoms with Gasteiger partial charge in [0.05, 0.1) is 0 Å². The topological polar surface area (TPSA) is 15.8 Å². The molecular weight excluding hydrogens is 143 g/mol. The molecule has 0 amide bonds. The molecule has 56 valence electrons. The zero-order valence-electron chi connectivity index (χ0n) is 5.07. The number of rotatable bonds is 2. The zero-order valence-corrected chi connectivity index (χ0v) is 5.07. The second-order valence-corrected chi connectivity index (χ2v) is 1.89. The molecule has 0 spiro atoms. The van der Waals surface area contributed by atoms with Gasteiger partial charge in [0, 0.05) is 17.5 Å². The van der Waals surface area contributed by atoms with Gasteiger partial charge >= 0.3 is 0 Å². The van der Waals surface area contributed by atoms with Crippen molar-refractivity contribution in [1.29, 1.82) is 0 Å². The van der Waals surface area contributed by atoms with Crippen LogP contribution >= 0.6 is 0 Å². The highest BCUT2D eigenvalue weighted by Crippen LogP contribution is 2.19. The molecule has 0 saturated heterocycles. The fourth-order valence-electron chi connectivity index (χ4n) is 0.664. The van der Waals surface area contributed by atoms with Crippen LogP contribution in [0.1, 0.15) is 17.7 Å². The molecule has 0 bridgehead atoms. The Balaban J connectivity index is 2.78. The van der Waals surface area contributed by atoms with Gasteiger partial charge in [-0.2, -0.15) is 0 Å². The van der Waals surface area contributed by atoms with Crippen molar-refractivity contribution in [3.8, 4) is 0 Å². The minimum Gasteiger partial charge on any atom is -0.362 e. The highest BCUT2D eigenvalue weighted by molar-refractivity contribution is 5.16. The Labute approximate surface area is 55.9 Å². The Morgan fingerprint density at radius 1 is 1.50 bits per heavy atom. The average Bonchev–Trinajstić information content (AvgIpc) is 2.34. The molecule has 10 heavy (non-hydrogen) atoms. The number of aromatic nitrogens is 1. The lowest BCUT2D eigenvalue weighted by Gasteiger charge is -1.88. The molecule has 1 aromatic heterocycles. The summed E-state index contributed by atoms with van der Waals surface area (Å²) in [6.45, 7) is -0.729. The maximum absolute atomic E-state index is 11.8. The quantitative estimate of drug-likeness (QED) is 0.664. The van der Waals surface area contributed by atoms with Crippen molar-refractivity contribution >= 4 is 0 Å². The third-order valence-electron chi connectivity index (χ3n) is 1.16. The molecule has 0 atom stereocenters. The number of hydrogen-bond donors (Lipinski definition) is 1. The largest absolute Gasteiger partial charge is 0.362 e. The zero-order chi connectivity index (χ0) is 7.56. The van der Waals surface area contributed by atoms with Crippen LogP contribution in [0.5, 0.6) is 0 Å². The van der Waals surface area contributed by atoms with Gasteiger partial charge in [-0.3, -0.25) is 0 Å². The first kappa shape index (κ1) is 7.18. The Kier molecular flexibility index (Phi) is 1.99. The Morgan fingerprint density at radius 2 is 2.20 bits per heavy atom. The fourth-order valence-corrected chi connectivity index (χ4v) is 0.664. The molecule has 0 aliphatic rings. The van der Waals surface area contributed by atoms with Crippen LogP contribution < -0.4 is 0 Å². The van der Waals surface area contributed by atoms with Gasteiger partial charge in [-0.25, -0.2) is 13.2 Å². The molecule has 0 fully saturated rings. The summed E-state index contributed by atoms with van der Waals surface area (Å²) in [6, 6.07) is 1.12. The second-order valence-electron chi connectivity index (χ2n) is 1.89. The van der Waals surface area contributed by atoms with Gasteiger partial charge in [0.2, 0.25) is 0 Å². The summed E-state index contributed by atoms with van der Waals surface area (Å²) in [7, 11) is 0. The molecule has 0 aliphatic carbocycles. The monoisotopic (exact) mass is 149 g/mol. The average molecular weight is 149 g/mol. The van der Waals surface area contributed by atoms with Crippen molar-refractivity contribution in [3.63, 3.8) is 0 Å². The Bertz CT molecular complexity index is 207. The SMILES string of the molecule is FCc1cc(C(F)F)c[nH]1. The number of halogens is 3. The van der Waals surface area contributed by atoms with E-state index in [2.05, 4.69) is 4.98 Å². The van der Waals surface area contributed by atoms with Gasteiger partial charge in [0.15, 0.2) is 0 Å². The van der Waals surface area contributed by atoms with Crippen LogP contribution in [0.4, 0.5) is 13.2 Å². The summed E-state index contributed by atoms with van der Waals surface area (Å²) in [5.41, 5.74) is 0.0305. The van der Waals surface area contributed by atoms with Crippen molar-refractivity contribution in [3.05, 3.63) is 23.5 Å². The molecule has 1 nitrogen and oxygen atoms in total. The van der Waals surface area contributed by atoms with Crippen LogP contribution in [0, 0.1) is 0 Å². The van der Waals surface area contributed by atoms with E-state index < -0.39 is 13.1 Å². The number of aromatic amines is 1. The van der Waals surface area contributed by atoms with E-state index in [1.807, 2.05) is 0 Å². The molecule has 0 saturated carbocycles. The number of nitrogens with one attached hydrogen (secondary N) is 1. The second kappa shape index (κ2) is 2.77. The predicted octanol–water partition coefficient (Wildman–Crippen LogP) is 2.42. The highest BCUT2D eigenvalue weighted by atomic mass is 19.3. The van der Waals surface area contributed by atoms with Crippen molar-refractivity contribution in [2.45, 2.75) is 13.1 Å². The van der Waals surface area contributed by atoms with Gasteiger partial charge in [-0.15, -0.1) is 0 Å². The van der Waals surface area contributed by atoms with Gasteiger partial charge in [-0.05, 0) is 6.07 Å². The summed E-state index contributed by atoms with van der Waals surface area (Å²) >= 11 is 0. The van der Waals surface area contributed by atoms with Gasteiger partial charge in [0.25, 0.3) is 6.43 Å². The minimum absolute atomic E-state index is 0.160. The summed E-state index contributed by atoms with van der Waals surface area (Å²) in [6.07, 6.45) is -1.41. The molecule has 1 N–H and O–H groups in total. The molecule has 0 aliphatic heterocycles.